The van der Waals surface area contributed by atoms with Gasteiger partial charge in [-0.05, 0) is 30.7 Å². The van der Waals surface area contributed by atoms with Crippen molar-refractivity contribution in [1.82, 2.24) is 0 Å². The highest BCUT2D eigenvalue weighted by atomic mass is 16.5. The number of hydrogen-bond acceptors (Lipinski definition) is 4. The topological polar surface area (TPSA) is 78.3 Å². The Morgan fingerprint density at radius 2 is 2.00 bits per heavy atom. The number of carbonyl (C=O) groups is 1. The Morgan fingerprint density at radius 1 is 1.38 bits per heavy atom. The molecule has 0 amide bonds. The molecule has 0 radical (unpaired) electrons. The second-order valence-corrected chi connectivity index (χ2v) is 3.69. The molecule has 0 saturated carbocycles. The van der Waals surface area contributed by atoms with Gasteiger partial charge in [0.05, 0.1) is 7.11 Å². The number of nitrogens with two attached hydrogens (primary N) is 2. The summed E-state index contributed by atoms with van der Waals surface area (Å²) in [7, 11) is 1.59. The van der Waals surface area contributed by atoms with Gasteiger partial charge in [-0.2, -0.15) is 0 Å². The summed E-state index contributed by atoms with van der Waals surface area (Å²) < 4.78 is 5.02. The Morgan fingerprint density at radius 3 is 2.50 bits per heavy atom. The number of ketones is 1. The SMILES string of the molecule is COc1ccc(C(=O)CCC(N)CN)cc1. The third-order valence-corrected chi connectivity index (χ3v) is 2.46. The zero-order valence-corrected chi connectivity index (χ0v) is 9.48. The van der Waals surface area contributed by atoms with Crippen molar-refractivity contribution >= 4 is 5.78 Å². The predicted molar refractivity (Wildman–Crippen MR) is 63.6 cm³/mol. The molecule has 1 aromatic carbocycles. The fourth-order valence-electron chi connectivity index (χ4n) is 1.36. The molecule has 0 aliphatic heterocycles. The molecular weight excluding hydrogens is 204 g/mol. The van der Waals surface area contributed by atoms with Gasteiger partial charge in [0.1, 0.15) is 5.75 Å². The molecule has 4 nitrogen and oxygen atoms in total. The van der Waals surface area contributed by atoms with Crippen LogP contribution in [0.2, 0.25) is 0 Å². The van der Waals surface area contributed by atoms with Crippen LogP contribution < -0.4 is 16.2 Å². The minimum absolute atomic E-state index is 0.0894. The molecule has 0 aliphatic rings. The summed E-state index contributed by atoms with van der Waals surface area (Å²) in [5, 5.41) is 0. The molecule has 0 aromatic heterocycles. The second kappa shape index (κ2) is 6.25. The van der Waals surface area contributed by atoms with E-state index in [0.717, 1.165) is 5.75 Å². The van der Waals surface area contributed by atoms with Crippen LogP contribution in [0.5, 0.6) is 5.75 Å². The van der Waals surface area contributed by atoms with Crippen LogP contribution in [0.1, 0.15) is 23.2 Å². The molecule has 1 aromatic rings. The first-order chi connectivity index (χ1) is 7.67. The fourth-order valence-corrected chi connectivity index (χ4v) is 1.36. The Kier molecular flexibility index (Phi) is 4.95. The van der Waals surface area contributed by atoms with Crippen molar-refractivity contribution in [2.45, 2.75) is 18.9 Å². The summed E-state index contributed by atoms with van der Waals surface area (Å²) in [6.07, 6.45) is 1.06. The van der Waals surface area contributed by atoms with Gasteiger partial charge in [0.2, 0.25) is 0 Å². The highest BCUT2D eigenvalue weighted by Crippen LogP contribution is 2.13. The molecule has 0 bridgehead atoms. The van der Waals surface area contributed by atoms with Gasteiger partial charge >= 0.3 is 0 Å². The van der Waals surface area contributed by atoms with E-state index in [-0.39, 0.29) is 11.8 Å². The summed E-state index contributed by atoms with van der Waals surface area (Å²) in [5.74, 6) is 0.835. The maximum Gasteiger partial charge on any atom is 0.162 e. The zero-order valence-electron chi connectivity index (χ0n) is 9.48. The van der Waals surface area contributed by atoms with E-state index in [4.69, 9.17) is 16.2 Å². The number of hydrogen-bond donors (Lipinski definition) is 2. The van der Waals surface area contributed by atoms with E-state index in [1.807, 2.05) is 0 Å². The van der Waals surface area contributed by atoms with Crippen molar-refractivity contribution in [2.75, 3.05) is 13.7 Å². The van der Waals surface area contributed by atoms with Crippen LogP contribution in [0.25, 0.3) is 0 Å². The zero-order chi connectivity index (χ0) is 12.0. The highest BCUT2D eigenvalue weighted by Gasteiger charge is 2.08. The van der Waals surface area contributed by atoms with Crippen molar-refractivity contribution in [2.24, 2.45) is 11.5 Å². The first-order valence-corrected chi connectivity index (χ1v) is 5.30. The monoisotopic (exact) mass is 222 g/mol. The molecule has 0 fully saturated rings. The van der Waals surface area contributed by atoms with Crippen molar-refractivity contribution in [3.63, 3.8) is 0 Å². The van der Waals surface area contributed by atoms with Crippen LogP contribution in [0.15, 0.2) is 24.3 Å². The molecule has 0 heterocycles. The quantitative estimate of drug-likeness (QED) is 0.702. The molecule has 1 atom stereocenters. The first-order valence-electron chi connectivity index (χ1n) is 5.30. The van der Waals surface area contributed by atoms with Gasteiger partial charge in [0.25, 0.3) is 0 Å². The molecule has 0 spiro atoms. The molecule has 0 saturated heterocycles. The van der Waals surface area contributed by atoms with E-state index < -0.39 is 0 Å². The molecule has 16 heavy (non-hydrogen) atoms. The van der Waals surface area contributed by atoms with Gasteiger partial charge in [-0.25, -0.2) is 0 Å². The van der Waals surface area contributed by atoms with Crippen molar-refractivity contribution < 1.29 is 9.53 Å². The van der Waals surface area contributed by atoms with Crippen LogP contribution in [-0.4, -0.2) is 25.5 Å². The Labute approximate surface area is 95.6 Å². The number of carbonyl (C=O) groups excluding carboxylic acids is 1. The molecule has 4 N–H and O–H groups in total. The van der Waals surface area contributed by atoms with Gasteiger partial charge in [-0.15, -0.1) is 0 Å². The van der Waals surface area contributed by atoms with E-state index in [9.17, 15) is 4.79 Å². The van der Waals surface area contributed by atoms with Crippen molar-refractivity contribution in [3.05, 3.63) is 29.8 Å². The molecule has 0 aliphatic carbocycles. The molecular formula is C12H18N2O2. The lowest BCUT2D eigenvalue weighted by Gasteiger charge is -2.07. The number of ether oxygens (including phenoxy) is 1. The normalized spacial score (nSPS) is 12.2. The minimum atomic E-state index is -0.0952. The van der Waals surface area contributed by atoms with E-state index in [2.05, 4.69) is 0 Å². The molecule has 1 rings (SSSR count). The van der Waals surface area contributed by atoms with Crippen LogP contribution in [0.4, 0.5) is 0 Å². The third kappa shape index (κ3) is 3.64. The average molecular weight is 222 g/mol. The lowest BCUT2D eigenvalue weighted by Crippen LogP contribution is -2.30. The molecule has 88 valence electrons. The van der Waals surface area contributed by atoms with Crippen molar-refractivity contribution in [3.8, 4) is 5.75 Å². The maximum atomic E-state index is 11.7. The molecule has 1 unspecified atom stereocenters. The van der Waals surface area contributed by atoms with E-state index in [1.165, 1.54) is 0 Å². The lowest BCUT2D eigenvalue weighted by atomic mass is 10.0. The van der Waals surface area contributed by atoms with Gasteiger partial charge in [0, 0.05) is 24.6 Å². The highest BCUT2D eigenvalue weighted by molar-refractivity contribution is 5.96. The second-order valence-electron chi connectivity index (χ2n) is 3.69. The fraction of sp³-hybridized carbons (Fsp3) is 0.417. The van der Waals surface area contributed by atoms with E-state index in [1.54, 1.807) is 31.4 Å². The van der Waals surface area contributed by atoms with Gasteiger partial charge in [0.15, 0.2) is 5.78 Å². The van der Waals surface area contributed by atoms with Crippen LogP contribution in [-0.2, 0) is 0 Å². The number of Topliss-reactive ketones (excluding diaryl/α,β-unsaturated/α-hetero) is 1. The van der Waals surface area contributed by atoms with Crippen LogP contribution >= 0.6 is 0 Å². The van der Waals surface area contributed by atoms with E-state index >= 15 is 0 Å². The summed E-state index contributed by atoms with van der Waals surface area (Å²) in [5.41, 5.74) is 11.7. The number of rotatable bonds is 6. The smallest absolute Gasteiger partial charge is 0.162 e. The van der Waals surface area contributed by atoms with Gasteiger partial charge in [-0.1, -0.05) is 0 Å². The molecule has 4 heteroatoms. The Bertz CT molecular complexity index is 335. The van der Waals surface area contributed by atoms with Gasteiger partial charge < -0.3 is 16.2 Å². The van der Waals surface area contributed by atoms with Gasteiger partial charge in [-0.3, -0.25) is 4.79 Å². The summed E-state index contributed by atoms with van der Waals surface area (Å²) in [6, 6.07) is 6.97. The van der Waals surface area contributed by atoms with Crippen LogP contribution in [0.3, 0.4) is 0 Å². The van der Waals surface area contributed by atoms with E-state index in [0.29, 0.717) is 24.9 Å². The third-order valence-electron chi connectivity index (χ3n) is 2.46. The van der Waals surface area contributed by atoms with Crippen molar-refractivity contribution in [1.29, 1.82) is 0 Å². The Hall–Kier alpha value is -1.39. The first kappa shape index (κ1) is 12.7. The maximum absolute atomic E-state index is 11.7. The number of benzene rings is 1. The average Bonchev–Trinajstić information content (AvgIpc) is 2.35. The lowest BCUT2D eigenvalue weighted by molar-refractivity contribution is 0.0977. The van der Waals surface area contributed by atoms with Crippen LogP contribution in [0, 0.1) is 0 Å². The summed E-state index contributed by atoms with van der Waals surface area (Å²) in [4.78, 5) is 11.7. The Balaban J connectivity index is 2.52. The standard InChI is InChI=1S/C12H18N2O2/c1-16-11-5-2-9(3-6-11)12(15)7-4-10(14)8-13/h2-3,5-6,10H,4,7-8,13-14H2,1H3. The predicted octanol–water partition coefficient (Wildman–Crippen LogP) is 0.944. The minimum Gasteiger partial charge on any atom is -0.497 e. The summed E-state index contributed by atoms with van der Waals surface area (Å²) in [6.45, 7) is 0.413. The largest absolute Gasteiger partial charge is 0.497 e. The number of methoxy groups -OCH3 is 1. The summed E-state index contributed by atoms with van der Waals surface area (Å²) >= 11 is 0.